The van der Waals surface area contributed by atoms with Crippen LogP contribution in [0.25, 0.3) is 0 Å². The third-order valence-electron chi connectivity index (χ3n) is 12.0. The number of aliphatic carboxylic acids is 2. The van der Waals surface area contributed by atoms with Gasteiger partial charge >= 0.3 is 29.8 Å². The molecular weight excluding hydrogens is 654 g/mol. The molecule has 0 amide bonds. The topological polar surface area (TPSA) is 203 Å². The van der Waals surface area contributed by atoms with Gasteiger partial charge in [0, 0.05) is 29.4 Å². The van der Waals surface area contributed by atoms with E-state index in [1.165, 1.54) is 12.1 Å². The highest BCUT2D eigenvalue weighted by molar-refractivity contribution is 5.86. The summed E-state index contributed by atoms with van der Waals surface area (Å²) in [5, 5.41) is 42.0. The van der Waals surface area contributed by atoms with Gasteiger partial charge in [0.05, 0.1) is 37.4 Å². The lowest BCUT2D eigenvalue weighted by atomic mass is 9.54. The monoisotopic (exact) mass is 688 g/mol. The Bertz CT molecular complexity index is 1930. The second-order valence-electron chi connectivity index (χ2n) is 14.0. The largest absolute Gasteiger partial charge is 0.504 e. The molecule has 4 bridgehead atoms. The molecule has 3 heterocycles. The van der Waals surface area contributed by atoms with Crippen LogP contribution in [0, 0.1) is 11.8 Å². The zero-order valence-electron chi connectivity index (χ0n) is 26.7. The van der Waals surface area contributed by atoms with Crippen LogP contribution in [0.3, 0.4) is 0 Å². The lowest BCUT2D eigenvalue weighted by Gasteiger charge is -2.52. The van der Waals surface area contributed by atoms with Gasteiger partial charge in [-0.15, -0.1) is 0 Å². The van der Waals surface area contributed by atoms with Crippen molar-refractivity contribution in [3.8, 4) is 11.5 Å². The minimum absolute atomic E-state index is 0.0249. The number of aromatic hydroxyl groups is 1. The number of benzene rings is 2. The third-order valence-corrected chi connectivity index (χ3v) is 12.0. The number of rotatable bonds is 12. The predicted octanol–water partition coefficient (Wildman–Crippen LogP) is 2.02. The lowest BCUT2D eigenvalue weighted by Crippen LogP contribution is -2.68. The molecule has 50 heavy (non-hydrogen) atoms. The molecule has 2 aromatic carbocycles. The summed E-state index contributed by atoms with van der Waals surface area (Å²) in [6, 6.07) is 11.0. The Morgan fingerprint density at radius 2 is 1.76 bits per heavy atom. The van der Waals surface area contributed by atoms with Crippen molar-refractivity contribution in [2.75, 3.05) is 13.1 Å². The van der Waals surface area contributed by atoms with E-state index in [1.807, 2.05) is 12.3 Å². The van der Waals surface area contributed by atoms with Gasteiger partial charge in [-0.05, 0) is 30.7 Å². The van der Waals surface area contributed by atoms with Crippen LogP contribution in [0.2, 0.25) is 0 Å². The van der Waals surface area contributed by atoms with Gasteiger partial charge in [0.2, 0.25) is 12.2 Å². The lowest BCUT2D eigenvalue weighted by molar-refractivity contribution is -0.780. The molecular formula is C36H34NO13+. The molecule has 0 aromatic heterocycles. The van der Waals surface area contributed by atoms with Crippen LogP contribution in [-0.2, 0) is 50.0 Å². The molecule has 2 spiro atoms. The molecule has 3 aliphatic carbocycles. The van der Waals surface area contributed by atoms with Gasteiger partial charge in [-0.3, -0.25) is 18.9 Å². The van der Waals surface area contributed by atoms with Gasteiger partial charge in [0.15, 0.2) is 23.1 Å². The number of carbonyl (C=O) groups excluding carboxylic acids is 3. The number of quaternary nitrogens is 1. The van der Waals surface area contributed by atoms with Crippen molar-refractivity contribution >= 4 is 29.8 Å². The molecule has 2 aromatic rings. The Hall–Kier alpha value is -5.21. The van der Waals surface area contributed by atoms with Crippen molar-refractivity contribution in [3.63, 3.8) is 0 Å². The number of hydrogen-bond acceptors (Lipinski definition) is 11. The zero-order chi connectivity index (χ0) is 35.4. The number of piperidine rings is 2. The second-order valence-corrected chi connectivity index (χ2v) is 14.0. The van der Waals surface area contributed by atoms with Crippen LogP contribution >= 0.6 is 0 Å². The van der Waals surface area contributed by atoms with Gasteiger partial charge in [-0.25, -0.2) is 9.59 Å². The first-order chi connectivity index (χ1) is 23.8. The highest BCUT2D eigenvalue weighted by atomic mass is 16.6. The Labute approximate surface area is 284 Å². The summed E-state index contributed by atoms with van der Waals surface area (Å²) in [4.78, 5) is 61.7. The summed E-state index contributed by atoms with van der Waals surface area (Å²) in [5.74, 6) is -5.80. The summed E-state index contributed by atoms with van der Waals surface area (Å²) >= 11 is 0. The number of aliphatic hydroxyl groups is 1. The van der Waals surface area contributed by atoms with Crippen LogP contribution in [0.15, 0.2) is 67.1 Å². The van der Waals surface area contributed by atoms with E-state index in [-0.39, 0.29) is 41.1 Å². The fraction of sp³-hybridized carbons (Fsp3) is 0.417. The van der Waals surface area contributed by atoms with Crippen LogP contribution in [-0.4, -0.2) is 91.2 Å². The highest BCUT2D eigenvalue weighted by Crippen LogP contribution is 2.83. The summed E-state index contributed by atoms with van der Waals surface area (Å²) in [6.45, 7) is 5.60. The fourth-order valence-electron chi connectivity index (χ4n) is 10.2. The van der Waals surface area contributed by atoms with E-state index in [2.05, 4.69) is 6.58 Å². The molecule has 3 aliphatic heterocycles. The molecule has 6 aliphatic rings. The Balaban J connectivity index is 0.994. The van der Waals surface area contributed by atoms with Gasteiger partial charge in [-0.1, -0.05) is 36.4 Å². The third kappa shape index (κ3) is 3.94. The Morgan fingerprint density at radius 1 is 1.02 bits per heavy atom. The molecule has 4 N–H and O–H groups in total. The molecule has 3 fully saturated rings. The molecule has 4 unspecified atom stereocenters. The first-order valence-corrected chi connectivity index (χ1v) is 16.4. The van der Waals surface area contributed by atoms with Crippen LogP contribution in [0.5, 0.6) is 11.5 Å². The molecule has 9 atom stereocenters. The molecule has 14 heteroatoms. The van der Waals surface area contributed by atoms with Gasteiger partial charge in [-0.2, -0.15) is 0 Å². The minimum Gasteiger partial charge on any atom is -0.504 e. The number of nitrogens with zero attached hydrogens (tertiary/aromatic N) is 1. The number of hydrogen-bond donors (Lipinski definition) is 4. The van der Waals surface area contributed by atoms with Gasteiger partial charge in [0.1, 0.15) is 17.9 Å². The molecule has 14 nitrogen and oxygen atoms in total. The van der Waals surface area contributed by atoms with Gasteiger partial charge < -0.3 is 39.4 Å². The van der Waals surface area contributed by atoms with Crippen molar-refractivity contribution in [2.45, 2.75) is 67.0 Å². The van der Waals surface area contributed by atoms with Gasteiger partial charge in [0.25, 0.3) is 0 Å². The summed E-state index contributed by atoms with van der Waals surface area (Å²) < 4.78 is 23.1. The number of carboxylic acids is 2. The number of esters is 3. The smallest absolute Gasteiger partial charge is 0.353 e. The zero-order valence-corrected chi connectivity index (χ0v) is 26.7. The summed E-state index contributed by atoms with van der Waals surface area (Å²) in [6.07, 6.45) is -2.16. The second kappa shape index (κ2) is 10.6. The molecule has 0 radical (unpaired) electrons. The standard InChI is InChI=1S/C36H33NO13/c1-2-37-16-21-20-14-19-8-9-22(38)30-28(19)36(21)31(50-30)23(12-13-35(36,46)34(20,37)17-37)47-26(41)10-11-27(42)49-29(18-6-4-3-5-7-18)33(45)48-24(32(43)44)15-25(39)40/h2-9,12,20-21,24,29,31,46H,1,10-11,13-17H2,(H2-,38,39,40,43,44)/p+1/t20?,21?,24-,29+,31+,34?,35-,36+,37?/m1/s1. The Kier molecular flexibility index (Phi) is 6.82. The van der Waals surface area contributed by atoms with Crippen molar-refractivity contribution in [1.82, 2.24) is 0 Å². The van der Waals surface area contributed by atoms with E-state index in [4.69, 9.17) is 24.1 Å². The minimum atomic E-state index is -2.02. The number of phenolic OH excluding ortho intramolecular Hbond substituents is 1. The van der Waals surface area contributed by atoms with Crippen molar-refractivity contribution in [2.24, 2.45) is 11.8 Å². The number of carbonyl (C=O) groups is 5. The van der Waals surface area contributed by atoms with E-state index in [0.29, 0.717) is 4.48 Å². The highest BCUT2D eigenvalue weighted by Gasteiger charge is 3.00. The molecule has 260 valence electrons. The number of phenols is 1. The average Bonchev–Trinajstić information content (AvgIpc) is 3.45. The maximum Gasteiger partial charge on any atom is 0.353 e. The van der Waals surface area contributed by atoms with E-state index < -0.39 is 84.0 Å². The van der Waals surface area contributed by atoms with E-state index in [0.717, 1.165) is 30.6 Å². The molecule has 8 rings (SSSR count). The number of ether oxygens (including phenoxy) is 4. The van der Waals surface area contributed by atoms with Crippen LogP contribution < -0.4 is 4.74 Å². The van der Waals surface area contributed by atoms with Crippen molar-refractivity contribution < 1.29 is 67.8 Å². The normalized spacial score (nSPS) is 33.8. The van der Waals surface area contributed by atoms with Crippen molar-refractivity contribution in [3.05, 3.63) is 83.8 Å². The quantitative estimate of drug-likeness (QED) is 0.109. The molecule has 2 saturated heterocycles. The summed E-state index contributed by atoms with van der Waals surface area (Å²) in [7, 11) is 0. The number of carboxylic acid groups (broad SMARTS) is 2. The maximum atomic E-state index is 13.3. The van der Waals surface area contributed by atoms with Crippen molar-refractivity contribution in [1.29, 1.82) is 0 Å². The van der Waals surface area contributed by atoms with Crippen LogP contribution in [0.1, 0.15) is 48.5 Å². The fourth-order valence-corrected chi connectivity index (χ4v) is 10.2. The maximum absolute atomic E-state index is 13.3. The Morgan fingerprint density at radius 3 is 2.46 bits per heavy atom. The SMILES string of the molecule is C=C[N+]12CC3C4Cc5ccc(O)c6c5[C@]35[C@@H](O6)C(OC(=O)CCC(=O)O[C@H](C(=O)O[C@H](CC(=O)O)C(=O)O)c3ccccc3)=CC[C@@]5(O)C41C2. The first-order valence-electron chi connectivity index (χ1n) is 16.4. The summed E-state index contributed by atoms with van der Waals surface area (Å²) in [5.41, 5.74) is -0.773. The van der Waals surface area contributed by atoms with E-state index in [1.54, 1.807) is 30.3 Å². The molecule has 1 saturated carbocycles. The van der Waals surface area contributed by atoms with Crippen LogP contribution in [0.4, 0.5) is 0 Å². The van der Waals surface area contributed by atoms with E-state index >= 15 is 0 Å². The first kappa shape index (κ1) is 32.0. The predicted molar refractivity (Wildman–Crippen MR) is 166 cm³/mol. The average molecular weight is 689 g/mol. The van der Waals surface area contributed by atoms with E-state index in [9.17, 15) is 39.3 Å².